The van der Waals surface area contributed by atoms with Crippen molar-refractivity contribution in [2.45, 2.75) is 32.7 Å². The van der Waals surface area contributed by atoms with E-state index in [1.165, 1.54) is 0 Å². The van der Waals surface area contributed by atoms with E-state index in [0.717, 1.165) is 24.3 Å². The molecular weight excluding hydrogens is 342 g/mol. The lowest BCUT2D eigenvalue weighted by molar-refractivity contribution is 0.176. The Morgan fingerprint density at radius 1 is 1.19 bits per heavy atom. The fourth-order valence-corrected chi connectivity index (χ4v) is 2.49. The number of carbonyl (C=O) groups is 1. The van der Waals surface area contributed by atoms with Gasteiger partial charge in [-0.25, -0.2) is 4.79 Å². The Labute approximate surface area is 160 Å². The van der Waals surface area contributed by atoms with Crippen LogP contribution < -0.4 is 21.1 Å². The van der Waals surface area contributed by atoms with E-state index in [1.807, 2.05) is 48.5 Å². The molecule has 144 valence electrons. The predicted molar refractivity (Wildman–Crippen MR) is 109 cm³/mol. The van der Waals surface area contributed by atoms with E-state index in [-0.39, 0.29) is 6.04 Å². The molecule has 0 saturated heterocycles. The number of para-hydroxylation sites is 1. The molecule has 0 aromatic heterocycles. The minimum absolute atomic E-state index is 0.143. The lowest BCUT2D eigenvalue weighted by Crippen LogP contribution is -2.30. The summed E-state index contributed by atoms with van der Waals surface area (Å²) in [7, 11) is 0. The van der Waals surface area contributed by atoms with Gasteiger partial charge in [0.25, 0.3) is 0 Å². The van der Waals surface area contributed by atoms with Gasteiger partial charge in [0.2, 0.25) is 0 Å². The summed E-state index contributed by atoms with van der Waals surface area (Å²) in [6.45, 7) is 7.72. The van der Waals surface area contributed by atoms with Crippen LogP contribution in [0, 0.1) is 0 Å². The molecule has 0 saturated carbocycles. The van der Waals surface area contributed by atoms with E-state index in [1.54, 1.807) is 6.92 Å². The number of nitrogens with one attached hydrogen (secondary N) is 2. The van der Waals surface area contributed by atoms with Crippen LogP contribution in [0.25, 0.3) is 0 Å². The highest BCUT2D eigenvalue weighted by atomic mass is 16.6. The number of ether oxygens (including phenoxy) is 2. The quantitative estimate of drug-likeness (QED) is 0.432. The topological polar surface area (TPSA) is 85.6 Å². The van der Waals surface area contributed by atoms with Gasteiger partial charge in [-0.2, -0.15) is 0 Å². The first-order valence-electron chi connectivity index (χ1n) is 8.98. The van der Waals surface area contributed by atoms with Crippen molar-refractivity contribution in [3.63, 3.8) is 0 Å². The third-order valence-corrected chi connectivity index (χ3v) is 3.89. The van der Waals surface area contributed by atoms with E-state index < -0.39 is 6.09 Å². The minimum Gasteiger partial charge on any atom is -0.457 e. The van der Waals surface area contributed by atoms with Gasteiger partial charge in [0.15, 0.2) is 0 Å². The van der Waals surface area contributed by atoms with Crippen LogP contribution >= 0.6 is 0 Å². The number of hydrogen-bond donors (Lipinski definition) is 3. The SMILES string of the molecule is C=C(C)OC(=O)NCCC(CC)Nc1cc(Oc2ccccc2)ccc1N. The number of anilines is 2. The van der Waals surface area contributed by atoms with Crippen molar-refractivity contribution in [1.82, 2.24) is 5.32 Å². The van der Waals surface area contributed by atoms with Gasteiger partial charge in [-0.15, -0.1) is 0 Å². The Balaban J connectivity index is 1.94. The number of nitrogens with two attached hydrogens (primary N) is 1. The highest BCUT2D eigenvalue weighted by molar-refractivity contribution is 5.69. The van der Waals surface area contributed by atoms with Crippen molar-refractivity contribution >= 4 is 17.5 Å². The summed E-state index contributed by atoms with van der Waals surface area (Å²) in [4.78, 5) is 11.5. The summed E-state index contributed by atoms with van der Waals surface area (Å²) in [5.41, 5.74) is 7.55. The van der Waals surface area contributed by atoms with E-state index in [0.29, 0.717) is 23.7 Å². The van der Waals surface area contributed by atoms with E-state index in [4.69, 9.17) is 15.2 Å². The average molecular weight is 369 g/mol. The third kappa shape index (κ3) is 6.93. The molecule has 0 heterocycles. The van der Waals surface area contributed by atoms with Gasteiger partial charge >= 0.3 is 6.09 Å². The summed E-state index contributed by atoms with van der Waals surface area (Å²) in [5, 5.41) is 6.13. The zero-order valence-corrected chi connectivity index (χ0v) is 15.8. The standard InChI is InChI=1S/C21H27N3O3/c1-4-16(12-13-23-21(25)26-15(2)3)24-20-14-18(10-11-19(20)22)27-17-8-6-5-7-9-17/h5-11,14,16,24H,2,4,12-13,22H2,1,3H3,(H,23,25). The molecule has 1 amide bonds. The molecule has 4 N–H and O–H groups in total. The number of hydrogen-bond acceptors (Lipinski definition) is 5. The van der Waals surface area contributed by atoms with Crippen LogP contribution in [0.4, 0.5) is 16.2 Å². The Morgan fingerprint density at radius 2 is 1.93 bits per heavy atom. The molecule has 2 rings (SSSR count). The number of carbonyl (C=O) groups excluding carboxylic acids is 1. The van der Waals surface area contributed by atoms with Crippen LogP contribution in [0.5, 0.6) is 11.5 Å². The van der Waals surface area contributed by atoms with Crippen LogP contribution in [0.2, 0.25) is 0 Å². The second-order valence-electron chi connectivity index (χ2n) is 6.22. The molecule has 0 fully saturated rings. The second kappa shape index (κ2) is 10.1. The van der Waals surface area contributed by atoms with Crippen LogP contribution in [0.15, 0.2) is 60.9 Å². The first-order valence-corrected chi connectivity index (χ1v) is 8.98. The van der Waals surface area contributed by atoms with Gasteiger partial charge in [0.1, 0.15) is 11.5 Å². The maximum atomic E-state index is 11.5. The molecule has 0 aliphatic heterocycles. The van der Waals surface area contributed by atoms with Crippen molar-refractivity contribution in [2.24, 2.45) is 0 Å². The number of allylic oxidation sites excluding steroid dienone is 1. The van der Waals surface area contributed by atoms with Crippen molar-refractivity contribution in [2.75, 3.05) is 17.6 Å². The highest BCUT2D eigenvalue weighted by Gasteiger charge is 2.11. The van der Waals surface area contributed by atoms with E-state index in [2.05, 4.69) is 24.1 Å². The minimum atomic E-state index is -0.491. The zero-order valence-electron chi connectivity index (χ0n) is 15.8. The molecular formula is C21H27N3O3. The summed E-state index contributed by atoms with van der Waals surface area (Å²) in [6.07, 6.45) is 1.11. The Bertz CT molecular complexity index is 763. The Morgan fingerprint density at radius 3 is 2.59 bits per heavy atom. The van der Waals surface area contributed by atoms with Crippen molar-refractivity contribution in [1.29, 1.82) is 0 Å². The molecule has 6 heteroatoms. The van der Waals surface area contributed by atoms with Gasteiger partial charge in [0, 0.05) is 18.7 Å². The first kappa shape index (κ1) is 20.2. The van der Waals surface area contributed by atoms with Crippen molar-refractivity contribution < 1.29 is 14.3 Å². The van der Waals surface area contributed by atoms with Crippen LogP contribution in [-0.4, -0.2) is 18.7 Å². The van der Waals surface area contributed by atoms with Crippen LogP contribution in [0.1, 0.15) is 26.7 Å². The molecule has 1 atom stereocenters. The highest BCUT2D eigenvalue weighted by Crippen LogP contribution is 2.29. The predicted octanol–water partition coefficient (Wildman–Crippen LogP) is 4.90. The summed E-state index contributed by atoms with van der Waals surface area (Å²) in [5.74, 6) is 1.83. The third-order valence-electron chi connectivity index (χ3n) is 3.89. The van der Waals surface area contributed by atoms with Gasteiger partial charge in [-0.1, -0.05) is 31.7 Å². The molecule has 0 bridgehead atoms. The lowest BCUT2D eigenvalue weighted by atomic mass is 10.1. The summed E-state index contributed by atoms with van der Waals surface area (Å²) >= 11 is 0. The fourth-order valence-electron chi connectivity index (χ4n) is 2.49. The molecule has 2 aromatic rings. The van der Waals surface area contributed by atoms with Gasteiger partial charge < -0.3 is 25.8 Å². The van der Waals surface area contributed by atoms with Crippen LogP contribution in [-0.2, 0) is 4.74 Å². The summed E-state index contributed by atoms with van der Waals surface area (Å²) < 4.78 is 10.7. The normalized spacial score (nSPS) is 11.3. The smallest absolute Gasteiger partial charge is 0.412 e. The number of rotatable bonds is 9. The van der Waals surface area contributed by atoms with Crippen molar-refractivity contribution in [3.05, 3.63) is 60.9 Å². The summed E-state index contributed by atoms with van der Waals surface area (Å²) in [6, 6.07) is 15.3. The maximum Gasteiger partial charge on any atom is 0.412 e. The first-order chi connectivity index (χ1) is 13.0. The molecule has 0 spiro atoms. The molecule has 27 heavy (non-hydrogen) atoms. The zero-order chi connectivity index (χ0) is 19.6. The Kier molecular flexibility index (Phi) is 7.55. The van der Waals surface area contributed by atoms with E-state index >= 15 is 0 Å². The van der Waals surface area contributed by atoms with Crippen molar-refractivity contribution in [3.8, 4) is 11.5 Å². The molecule has 6 nitrogen and oxygen atoms in total. The van der Waals surface area contributed by atoms with Gasteiger partial charge in [-0.05, 0) is 44.0 Å². The molecule has 1 unspecified atom stereocenters. The van der Waals surface area contributed by atoms with E-state index in [9.17, 15) is 4.79 Å². The molecule has 2 aromatic carbocycles. The monoisotopic (exact) mass is 369 g/mol. The van der Waals surface area contributed by atoms with Crippen LogP contribution in [0.3, 0.4) is 0 Å². The largest absolute Gasteiger partial charge is 0.457 e. The van der Waals surface area contributed by atoms with Gasteiger partial charge in [-0.3, -0.25) is 0 Å². The second-order valence-corrected chi connectivity index (χ2v) is 6.22. The number of benzene rings is 2. The lowest BCUT2D eigenvalue weighted by Gasteiger charge is -2.20. The number of nitrogen functional groups attached to an aromatic ring is 1. The fraction of sp³-hybridized carbons (Fsp3) is 0.286. The maximum absolute atomic E-state index is 11.5. The van der Waals surface area contributed by atoms with Gasteiger partial charge in [0.05, 0.1) is 17.1 Å². The molecule has 0 aliphatic carbocycles. The Hall–Kier alpha value is -3.15. The molecule has 0 aliphatic rings. The number of amides is 1. The molecule has 0 radical (unpaired) electrons. The number of alkyl carbamates (subject to hydrolysis) is 1. The average Bonchev–Trinajstić information content (AvgIpc) is 2.63.